The van der Waals surface area contributed by atoms with Crippen LogP contribution in [-0.2, 0) is 5.60 Å². The van der Waals surface area contributed by atoms with Gasteiger partial charge in [-0.25, -0.2) is 4.98 Å². The zero-order valence-corrected chi connectivity index (χ0v) is 15.1. The summed E-state index contributed by atoms with van der Waals surface area (Å²) < 4.78 is 0. The maximum Gasteiger partial charge on any atom is 0.253 e. The van der Waals surface area contributed by atoms with Crippen LogP contribution in [0.15, 0.2) is 42.5 Å². The molecule has 2 heterocycles. The van der Waals surface area contributed by atoms with E-state index in [1.807, 2.05) is 61.2 Å². The molecule has 1 fully saturated rings. The highest BCUT2D eigenvalue weighted by molar-refractivity contribution is 5.97. The lowest BCUT2D eigenvalue weighted by Crippen LogP contribution is -2.45. The zero-order chi connectivity index (χ0) is 18.3. The van der Waals surface area contributed by atoms with Crippen LogP contribution in [0.5, 0.6) is 0 Å². The molecular formula is C21H23N3O2. The predicted molar refractivity (Wildman–Crippen MR) is 101 cm³/mol. The van der Waals surface area contributed by atoms with Crippen molar-refractivity contribution >= 4 is 16.9 Å². The summed E-state index contributed by atoms with van der Waals surface area (Å²) >= 11 is 0. The first-order valence-electron chi connectivity index (χ1n) is 9.00. The lowest BCUT2D eigenvalue weighted by Gasteiger charge is -2.38. The molecule has 26 heavy (non-hydrogen) atoms. The summed E-state index contributed by atoms with van der Waals surface area (Å²) in [4.78, 5) is 22.2. The molecule has 4 rings (SSSR count). The second-order valence-corrected chi connectivity index (χ2v) is 7.25. The number of fused-ring (bicyclic) bond motifs is 1. The van der Waals surface area contributed by atoms with E-state index in [9.17, 15) is 9.90 Å². The quantitative estimate of drug-likeness (QED) is 0.746. The third-order valence-corrected chi connectivity index (χ3v) is 5.28. The summed E-state index contributed by atoms with van der Waals surface area (Å²) in [7, 11) is 0. The van der Waals surface area contributed by atoms with Gasteiger partial charge in [0.05, 0.1) is 16.6 Å². The molecule has 0 spiro atoms. The largest absolute Gasteiger partial charge is 0.385 e. The summed E-state index contributed by atoms with van der Waals surface area (Å²) in [6, 6.07) is 13.6. The number of nitrogens with zero attached hydrogens (tertiary/aromatic N) is 2. The molecular weight excluding hydrogens is 326 g/mol. The Kier molecular flexibility index (Phi) is 4.04. The molecule has 1 amide bonds. The highest BCUT2D eigenvalue weighted by Gasteiger charge is 2.35. The number of carbonyl (C=O) groups is 1. The minimum Gasteiger partial charge on any atom is -0.385 e. The summed E-state index contributed by atoms with van der Waals surface area (Å²) in [5.74, 6) is 0.844. The summed E-state index contributed by atoms with van der Waals surface area (Å²) in [6.45, 7) is 5.02. The van der Waals surface area contributed by atoms with Gasteiger partial charge in [-0.2, -0.15) is 0 Å². The smallest absolute Gasteiger partial charge is 0.253 e. The molecule has 5 nitrogen and oxygen atoms in total. The van der Waals surface area contributed by atoms with Gasteiger partial charge >= 0.3 is 0 Å². The van der Waals surface area contributed by atoms with Crippen LogP contribution >= 0.6 is 0 Å². The van der Waals surface area contributed by atoms with Crippen molar-refractivity contribution in [2.24, 2.45) is 0 Å². The Labute approximate surface area is 152 Å². The van der Waals surface area contributed by atoms with Gasteiger partial charge in [-0.3, -0.25) is 4.79 Å². The topological polar surface area (TPSA) is 69.2 Å². The fraction of sp³-hybridized carbons (Fsp3) is 0.333. The Morgan fingerprint density at radius 1 is 1.15 bits per heavy atom. The van der Waals surface area contributed by atoms with Crippen LogP contribution in [0.4, 0.5) is 0 Å². The Bertz CT molecular complexity index is 968. The van der Waals surface area contributed by atoms with Crippen LogP contribution in [0.3, 0.4) is 0 Å². The normalized spacial score (nSPS) is 16.8. The van der Waals surface area contributed by atoms with Gasteiger partial charge in [0.2, 0.25) is 0 Å². The number of aromatic amines is 1. The van der Waals surface area contributed by atoms with Gasteiger partial charge in [0.15, 0.2) is 0 Å². The van der Waals surface area contributed by atoms with Gasteiger partial charge in [-0.05, 0) is 50.5 Å². The van der Waals surface area contributed by atoms with Crippen molar-refractivity contribution in [1.82, 2.24) is 14.9 Å². The van der Waals surface area contributed by atoms with E-state index in [-0.39, 0.29) is 5.91 Å². The second kappa shape index (κ2) is 6.25. The van der Waals surface area contributed by atoms with Gasteiger partial charge in [0.25, 0.3) is 5.91 Å². The number of likely N-dealkylation sites (tertiary alicyclic amines) is 1. The first-order chi connectivity index (χ1) is 12.4. The molecule has 0 radical (unpaired) electrons. The van der Waals surface area contributed by atoms with Crippen molar-refractivity contribution in [2.45, 2.75) is 32.3 Å². The number of aliphatic hydroxyl groups is 1. The number of aromatic nitrogens is 2. The van der Waals surface area contributed by atoms with Crippen molar-refractivity contribution in [3.05, 3.63) is 65.0 Å². The maximum absolute atomic E-state index is 12.9. The van der Waals surface area contributed by atoms with E-state index in [0.717, 1.165) is 28.0 Å². The van der Waals surface area contributed by atoms with Crippen molar-refractivity contribution in [2.75, 3.05) is 13.1 Å². The molecule has 1 aliphatic rings. The van der Waals surface area contributed by atoms with Crippen LogP contribution in [0.1, 0.15) is 40.2 Å². The summed E-state index contributed by atoms with van der Waals surface area (Å²) in [5.41, 5.74) is 3.62. The molecule has 1 aliphatic heterocycles. The van der Waals surface area contributed by atoms with E-state index >= 15 is 0 Å². The molecule has 0 aliphatic carbocycles. The minimum atomic E-state index is -0.854. The van der Waals surface area contributed by atoms with Gasteiger partial charge in [0.1, 0.15) is 5.82 Å². The molecule has 1 aromatic heterocycles. The summed E-state index contributed by atoms with van der Waals surface area (Å²) in [5, 5.41) is 11.0. The fourth-order valence-corrected chi connectivity index (χ4v) is 3.76. The van der Waals surface area contributed by atoms with E-state index in [2.05, 4.69) is 9.97 Å². The lowest BCUT2D eigenvalue weighted by atomic mass is 9.83. The molecule has 0 atom stereocenters. The number of H-pyrrole nitrogens is 1. The number of rotatable bonds is 2. The lowest BCUT2D eigenvalue weighted by molar-refractivity contribution is -0.0211. The zero-order valence-electron chi connectivity index (χ0n) is 15.1. The number of piperidine rings is 1. The predicted octanol–water partition coefficient (Wildman–Crippen LogP) is 3.30. The Balaban J connectivity index is 1.50. The van der Waals surface area contributed by atoms with Crippen LogP contribution in [0, 0.1) is 13.8 Å². The van der Waals surface area contributed by atoms with E-state index in [0.29, 0.717) is 31.5 Å². The number of hydrogen-bond donors (Lipinski definition) is 2. The Morgan fingerprint density at radius 2 is 1.92 bits per heavy atom. The SMILES string of the molecule is Cc1cccc(C2(O)CCN(C(=O)c3ccc4nc(C)[nH]c4c3)CC2)c1. The van der Waals surface area contributed by atoms with Crippen molar-refractivity contribution in [1.29, 1.82) is 0 Å². The number of carbonyl (C=O) groups excluding carboxylic acids is 1. The highest BCUT2D eigenvalue weighted by Crippen LogP contribution is 2.33. The highest BCUT2D eigenvalue weighted by atomic mass is 16.3. The molecule has 1 saturated heterocycles. The van der Waals surface area contributed by atoms with E-state index < -0.39 is 5.60 Å². The van der Waals surface area contributed by atoms with E-state index in [1.54, 1.807) is 0 Å². The van der Waals surface area contributed by atoms with Crippen molar-refractivity contribution in [3.63, 3.8) is 0 Å². The Morgan fingerprint density at radius 3 is 2.65 bits per heavy atom. The van der Waals surface area contributed by atoms with E-state index in [1.165, 1.54) is 0 Å². The van der Waals surface area contributed by atoms with Gasteiger partial charge in [-0.1, -0.05) is 29.8 Å². The molecule has 0 unspecified atom stereocenters. The van der Waals surface area contributed by atoms with Crippen LogP contribution in [0.25, 0.3) is 11.0 Å². The first-order valence-corrected chi connectivity index (χ1v) is 9.00. The maximum atomic E-state index is 12.9. The second-order valence-electron chi connectivity index (χ2n) is 7.25. The number of imidazole rings is 1. The monoisotopic (exact) mass is 349 g/mol. The Hall–Kier alpha value is -2.66. The van der Waals surface area contributed by atoms with Crippen LogP contribution in [0.2, 0.25) is 0 Å². The number of aryl methyl sites for hydroxylation is 2. The summed E-state index contributed by atoms with van der Waals surface area (Å²) in [6.07, 6.45) is 1.10. The van der Waals surface area contributed by atoms with Gasteiger partial charge in [-0.15, -0.1) is 0 Å². The first kappa shape index (κ1) is 16.8. The molecule has 2 aromatic carbocycles. The molecule has 134 valence electrons. The van der Waals surface area contributed by atoms with Crippen LogP contribution in [-0.4, -0.2) is 39.0 Å². The molecule has 0 bridgehead atoms. The van der Waals surface area contributed by atoms with Crippen molar-refractivity contribution in [3.8, 4) is 0 Å². The number of nitrogens with one attached hydrogen (secondary N) is 1. The number of benzene rings is 2. The van der Waals surface area contributed by atoms with E-state index in [4.69, 9.17) is 0 Å². The standard InChI is InChI=1S/C21H23N3O2/c1-14-4-3-5-17(12-14)21(26)8-10-24(11-9-21)20(25)16-6-7-18-19(13-16)23-15(2)22-18/h3-7,12-13,26H,8-11H2,1-2H3,(H,22,23). The van der Waals surface area contributed by atoms with Crippen molar-refractivity contribution < 1.29 is 9.90 Å². The molecule has 0 saturated carbocycles. The van der Waals surface area contributed by atoms with Gasteiger partial charge in [0, 0.05) is 18.7 Å². The third kappa shape index (κ3) is 2.99. The molecule has 2 N–H and O–H groups in total. The molecule has 5 heteroatoms. The average Bonchev–Trinajstić information content (AvgIpc) is 3.01. The average molecular weight is 349 g/mol. The van der Waals surface area contributed by atoms with Gasteiger partial charge < -0.3 is 15.0 Å². The minimum absolute atomic E-state index is 0.00504. The molecule has 3 aromatic rings. The van der Waals surface area contributed by atoms with Crippen LogP contribution < -0.4 is 0 Å². The third-order valence-electron chi connectivity index (χ3n) is 5.28. The fourth-order valence-electron chi connectivity index (χ4n) is 3.76. The number of hydrogen-bond acceptors (Lipinski definition) is 3. The number of amides is 1.